The Morgan fingerprint density at radius 1 is 1.08 bits per heavy atom. The van der Waals surface area contributed by atoms with Crippen LogP contribution in [0.2, 0.25) is 0 Å². The van der Waals surface area contributed by atoms with Gasteiger partial charge in [0.05, 0.1) is 26.4 Å². The van der Waals surface area contributed by atoms with Gasteiger partial charge >= 0.3 is 0 Å². The first kappa shape index (κ1) is 18.1. The zero-order valence-electron chi connectivity index (χ0n) is 14.2. The summed E-state index contributed by atoms with van der Waals surface area (Å²) in [5.74, 6) is 0.760. The summed E-state index contributed by atoms with van der Waals surface area (Å²) in [6.07, 6.45) is 0.100. The van der Waals surface area contributed by atoms with Gasteiger partial charge in [0.25, 0.3) is 0 Å². The van der Waals surface area contributed by atoms with Crippen molar-refractivity contribution >= 4 is 11.6 Å². The Morgan fingerprint density at radius 3 is 2.48 bits per heavy atom. The van der Waals surface area contributed by atoms with Crippen LogP contribution in [0.4, 0.5) is 0 Å². The molecule has 0 aliphatic carbocycles. The molecule has 0 bridgehead atoms. The molecular weight excluding hydrogens is 324 g/mol. The standard InChI is InChI=1S/C18H20N2O5/c1-11(14-10-13(21)5-6-15(14)22)19-20-18(23)9-12-4-7-16(24-2)17(8-12)25-3/h4-8,10,21-22H,9H2,1-3H3,(H,20,23). The van der Waals surface area contributed by atoms with Gasteiger partial charge in [-0.1, -0.05) is 6.07 Å². The average molecular weight is 344 g/mol. The summed E-state index contributed by atoms with van der Waals surface area (Å²) >= 11 is 0. The van der Waals surface area contributed by atoms with Crippen LogP contribution in [0.5, 0.6) is 23.0 Å². The summed E-state index contributed by atoms with van der Waals surface area (Å²) in [7, 11) is 3.07. The van der Waals surface area contributed by atoms with E-state index < -0.39 is 0 Å². The zero-order valence-corrected chi connectivity index (χ0v) is 14.2. The molecule has 7 heteroatoms. The topological polar surface area (TPSA) is 100 Å². The number of methoxy groups -OCH3 is 2. The van der Waals surface area contributed by atoms with Crippen molar-refractivity contribution in [2.75, 3.05) is 14.2 Å². The highest BCUT2D eigenvalue weighted by atomic mass is 16.5. The second kappa shape index (κ2) is 8.05. The molecule has 0 unspecified atom stereocenters. The van der Waals surface area contributed by atoms with Crippen LogP contribution in [0.1, 0.15) is 18.1 Å². The first-order valence-electron chi connectivity index (χ1n) is 7.51. The molecule has 3 N–H and O–H groups in total. The van der Waals surface area contributed by atoms with Gasteiger partial charge in [-0.15, -0.1) is 0 Å². The number of ether oxygens (including phenoxy) is 2. The fourth-order valence-electron chi connectivity index (χ4n) is 2.24. The number of hydrazone groups is 1. The smallest absolute Gasteiger partial charge is 0.244 e. The van der Waals surface area contributed by atoms with Crippen molar-refractivity contribution in [1.82, 2.24) is 5.43 Å². The van der Waals surface area contributed by atoms with Gasteiger partial charge in [-0.3, -0.25) is 4.79 Å². The van der Waals surface area contributed by atoms with Crippen LogP contribution in [-0.4, -0.2) is 36.1 Å². The molecule has 0 saturated heterocycles. The van der Waals surface area contributed by atoms with Crippen molar-refractivity contribution in [3.63, 3.8) is 0 Å². The maximum Gasteiger partial charge on any atom is 0.244 e. The van der Waals surface area contributed by atoms with Crippen molar-refractivity contribution in [3.05, 3.63) is 47.5 Å². The van der Waals surface area contributed by atoms with Gasteiger partial charge in [0, 0.05) is 5.56 Å². The fourth-order valence-corrected chi connectivity index (χ4v) is 2.24. The maximum atomic E-state index is 12.1. The minimum Gasteiger partial charge on any atom is -0.508 e. The molecule has 0 saturated carbocycles. The predicted octanol–water partition coefficient (Wildman–Crippen LogP) is 2.20. The number of nitrogens with zero attached hydrogens (tertiary/aromatic N) is 1. The Kier molecular flexibility index (Phi) is 5.84. The number of phenols is 2. The second-order valence-electron chi connectivity index (χ2n) is 5.30. The van der Waals surface area contributed by atoms with Crippen molar-refractivity contribution in [2.24, 2.45) is 5.10 Å². The van der Waals surface area contributed by atoms with E-state index in [1.165, 1.54) is 25.3 Å². The first-order valence-corrected chi connectivity index (χ1v) is 7.51. The number of amides is 1. The highest BCUT2D eigenvalue weighted by molar-refractivity contribution is 6.01. The molecule has 0 heterocycles. The van der Waals surface area contributed by atoms with Crippen LogP contribution in [0.3, 0.4) is 0 Å². The van der Waals surface area contributed by atoms with E-state index in [-0.39, 0.29) is 23.8 Å². The van der Waals surface area contributed by atoms with E-state index in [2.05, 4.69) is 10.5 Å². The number of nitrogens with one attached hydrogen (secondary N) is 1. The van der Waals surface area contributed by atoms with Crippen LogP contribution < -0.4 is 14.9 Å². The SMILES string of the molecule is COc1ccc(CC(=O)NN=C(C)c2cc(O)ccc2O)cc1OC. The lowest BCUT2D eigenvalue weighted by Gasteiger charge is -2.09. The molecule has 2 aromatic rings. The molecule has 0 spiro atoms. The Balaban J connectivity index is 2.06. The number of rotatable bonds is 6. The number of aromatic hydroxyl groups is 2. The highest BCUT2D eigenvalue weighted by Gasteiger charge is 2.09. The van der Waals surface area contributed by atoms with E-state index in [0.717, 1.165) is 5.56 Å². The van der Waals surface area contributed by atoms with Crippen LogP contribution in [0.15, 0.2) is 41.5 Å². The van der Waals surface area contributed by atoms with E-state index >= 15 is 0 Å². The Morgan fingerprint density at radius 2 is 1.80 bits per heavy atom. The van der Waals surface area contributed by atoms with E-state index in [1.807, 2.05) is 0 Å². The predicted molar refractivity (Wildman–Crippen MR) is 93.4 cm³/mol. The third-order valence-corrected chi connectivity index (χ3v) is 3.53. The van der Waals surface area contributed by atoms with Crippen molar-refractivity contribution < 1.29 is 24.5 Å². The number of hydrogen-bond donors (Lipinski definition) is 3. The molecule has 0 atom stereocenters. The zero-order chi connectivity index (χ0) is 18.4. The van der Waals surface area contributed by atoms with Crippen LogP contribution in [0, 0.1) is 0 Å². The van der Waals surface area contributed by atoms with E-state index in [0.29, 0.717) is 22.8 Å². The van der Waals surface area contributed by atoms with E-state index in [9.17, 15) is 15.0 Å². The Bertz CT molecular complexity index is 802. The summed E-state index contributed by atoms with van der Waals surface area (Å²) in [5, 5.41) is 23.2. The highest BCUT2D eigenvalue weighted by Crippen LogP contribution is 2.27. The maximum absolute atomic E-state index is 12.1. The van der Waals surface area contributed by atoms with Gasteiger partial charge < -0.3 is 19.7 Å². The van der Waals surface area contributed by atoms with Crippen LogP contribution >= 0.6 is 0 Å². The lowest BCUT2D eigenvalue weighted by atomic mass is 10.1. The number of carbonyl (C=O) groups excluding carboxylic acids is 1. The minimum absolute atomic E-state index is 0.000922. The van der Waals surface area contributed by atoms with Gasteiger partial charge in [-0.05, 0) is 42.8 Å². The van der Waals surface area contributed by atoms with Gasteiger partial charge in [0.2, 0.25) is 5.91 Å². The monoisotopic (exact) mass is 344 g/mol. The molecule has 0 radical (unpaired) electrons. The largest absolute Gasteiger partial charge is 0.508 e. The normalized spacial score (nSPS) is 11.1. The molecule has 7 nitrogen and oxygen atoms in total. The summed E-state index contributed by atoms with van der Waals surface area (Å²) in [6, 6.07) is 9.29. The van der Waals surface area contributed by atoms with Crippen molar-refractivity contribution in [3.8, 4) is 23.0 Å². The molecule has 132 valence electrons. The van der Waals surface area contributed by atoms with Gasteiger partial charge in [-0.2, -0.15) is 5.10 Å². The van der Waals surface area contributed by atoms with E-state index in [1.54, 1.807) is 32.2 Å². The molecule has 1 amide bonds. The van der Waals surface area contributed by atoms with Gasteiger partial charge in [0.1, 0.15) is 11.5 Å². The lowest BCUT2D eigenvalue weighted by molar-refractivity contribution is -0.120. The summed E-state index contributed by atoms with van der Waals surface area (Å²) in [4.78, 5) is 12.1. The molecule has 2 aromatic carbocycles. The van der Waals surface area contributed by atoms with E-state index in [4.69, 9.17) is 9.47 Å². The van der Waals surface area contributed by atoms with Crippen LogP contribution in [-0.2, 0) is 11.2 Å². The molecule has 0 aromatic heterocycles. The molecule has 0 fully saturated rings. The van der Waals surface area contributed by atoms with Gasteiger partial charge in [-0.25, -0.2) is 5.43 Å². The number of phenolic OH excluding ortho intramolecular Hbond substituents is 2. The molecule has 2 rings (SSSR count). The summed E-state index contributed by atoms with van der Waals surface area (Å²) < 4.78 is 10.4. The minimum atomic E-state index is -0.328. The second-order valence-corrected chi connectivity index (χ2v) is 5.30. The summed E-state index contributed by atoms with van der Waals surface area (Å²) in [6.45, 7) is 1.62. The molecule has 0 aliphatic rings. The summed E-state index contributed by atoms with van der Waals surface area (Å²) in [5.41, 5.74) is 3.87. The lowest BCUT2D eigenvalue weighted by Crippen LogP contribution is -2.21. The fraction of sp³-hybridized carbons (Fsp3) is 0.222. The molecule has 0 aliphatic heterocycles. The number of carbonyl (C=O) groups is 1. The van der Waals surface area contributed by atoms with Crippen molar-refractivity contribution in [1.29, 1.82) is 0 Å². The quantitative estimate of drug-likeness (QED) is 0.424. The van der Waals surface area contributed by atoms with Crippen molar-refractivity contribution in [2.45, 2.75) is 13.3 Å². The van der Waals surface area contributed by atoms with Gasteiger partial charge in [0.15, 0.2) is 11.5 Å². The number of benzene rings is 2. The third kappa shape index (κ3) is 4.63. The molecule has 25 heavy (non-hydrogen) atoms. The van der Waals surface area contributed by atoms with Crippen LogP contribution in [0.25, 0.3) is 0 Å². The first-order chi connectivity index (χ1) is 11.9. The Labute approximate surface area is 145 Å². The third-order valence-electron chi connectivity index (χ3n) is 3.53. The molecular formula is C18H20N2O5. The Hall–Kier alpha value is -3.22. The average Bonchev–Trinajstić information content (AvgIpc) is 2.61. The number of hydrogen-bond acceptors (Lipinski definition) is 6.